The van der Waals surface area contributed by atoms with Crippen LogP contribution in [0.25, 0.3) is 0 Å². The number of methoxy groups -OCH3 is 1. The third-order valence-corrected chi connectivity index (χ3v) is 2.81. The van der Waals surface area contributed by atoms with Crippen molar-refractivity contribution in [1.29, 1.82) is 0 Å². The highest BCUT2D eigenvalue weighted by Gasteiger charge is 2.14. The van der Waals surface area contributed by atoms with Crippen LogP contribution < -0.4 is 10.5 Å². The van der Waals surface area contributed by atoms with Crippen molar-refractivity contribution in [2.45, 2.75) is 19.9 Å². The Labute approximate surface area is 117 Å². The zero-order valence-electron chi connectivity index (χ0n) is 11.7. The number of benzene rings is 1. The first-order valence-corrected chi connectivity index (χ1v) is 6.21. The molecule has 0 unspecified atom stereocenters. The molecule has 0 amide bonds. The van der Waals surface area contributed by atoms with Gasteiger partial charge in [-0.2, -0.15) is 5.10 Å². The van der Waals surface area contributed by atoms with Gasteiger partial charge >= 0.3 is 5.97 Å². The molecule has 0 aliphatic rings. The first kappa shape index (κ1) is 13.9. The van der Waals surface area contributed by atoms with Gasteiger partial charge in [0.25, 0.3) is 0 Å². The number of aromatic nitrogens is 2. The summed E-state index contributed by atoms with van der Waals surface area (Å²) in [5, 5.41) is 4.17. The number of carbonyl (C=O) groups is 1. The van der Waals surface area contributed by atoms with Crippen LogP contribution in [0.4, 0.5) is 5.69 Å². The number of nitrogens with two attached hydrogens (primary N) is 1. The first-order valence-electron chi connectivity index (χ1n) is 6.21. The lowest BCUT2D eigenvalue weighted by Crippen LogP contribution is -2.06. The summed E-state index contributed by atoms with van der Waals surface area (Å²) in [5.74, 6) is 0.467. The molecule has 0 bridgehead atoms. The second-order valence-corrected chi connectivity index (χ2v) is 4.56. The third kappa shape index (κ3) is 2.74. The van der Waals surface area contributed by atoms with Gasteiger partial charge in [0.1, 0.15) is 0 Å². The van der Waals surface area contributed by atoms with Crippen LogP contribution in [0.15, 0.2) is 30.6 Å². The molecule has 0 fully saturated rings. The molecule has 0 spiro atoms. The molecule has 0 atom stereocenters. The maximum atomic E-state index is 11.6. The van der Waals surface area contributed by atoms with Crippen molar-refractivity contribution in [3.63, 3.8) is 0 Å². The van der Waals surface area contributed by atoms with Crippen LogP contribution in [-0.4, -0.2) is 22.9 Å². The minimum atomic E-state index is -0.495. The Hall–Kier alpha value is -2.50. The molecule has 0 aliphatic carbocycles. The standard InChI is InChI=1S/C14H17N3O3/c1-9(2)17-8-10(7-16-17)20-12-6-4-5-11(13(12)15)14(18)19-3/h4-9H,15H2,1-3H3. The topological polar surface area (TPSA) is 79.4 Å². The highest BCUT2D eigenvalue weighted by molar-refractivity contribution is 5.96. The fraction of sp³-hybridized carbons (Fsp3) is 0.286. The zero-order chi connectivity index (χ0) is 14.7. The Bertz CT molecular complexity index is 620. The van der Waals surface area contributed by atoms with Crippen LogP contribution in [-0.2, 0) is 4.74 Å². The number of anilines is 1. The van der Waals surface area contributed by atoms with E-state index in [1.165, 1.54) is 7.11 Å². The van der Waals surface area contributed by atoms with Gasteiger partial charge in [-0.15, -0.1) is 0 Å². The fourth-order valence-electron chi connectivity index (χ4n) is 1.70. The number of carbonyl (C=O) groups excluding carboxylic acids is 1. The van der Waals surface area contributed by atoms with Gasteiger partial charge in [0.15, 0.2) is 11.5 Å². The molecule has 0 saturated carbocycles. The minimum absolute atomic E-state index is 0.242. The van der Waals surface area contributed by atoms with Crippen molar-refractivity contribution in [3.05, 3.63) is 36.2 Å². The van der Waals surface area contributed by atoms with E-state index in [9.17, 15) is 4.79 Å². The lowest BCUT2D eigenvalue weighted by Gasteiger charge is -2.09. The van der Waals surface area contributed by atoms with Gasteiger partial charge in [0.2, 0.25) is 0 Å². The van der Waals surface area contributed by atoms with E-state index in [0.717, 1.165) is 0 Å². The van der Waals surface area contributed by atoms with Gasteiger partial charge in [0, 0.05) is 6.04 Å². The third-order valence-electron chi connectivity index (χ3n) is 2.81. The smallest absolute Gasteiger partial charge is 0.340 e. The Balaban J connectivity index is 2.27. The number of hydrogen-bond acceptors (Lipinski definition) is 5. The molecule has 2 rings (SSSR count). The van der Waals surface area contributed by atoms with Gasteiger partial charge in [0.05, 0.1) is 30.8 Å². The van der Waals surface area contributed by atoms with Crippen molar-refractivity contribution in [2.75, 3.05) is 12.8 Å². The summed E-state index contributed by atoms with van der Waals surface area (Å²) in [7, 11) is 1.31. The van der Waals surface area contributed by atoms with E-state index >= 15 is 0 Å². The normalized spacial score (nSPS) is 10.6. The molecule has 20 heavy (non-hydrogen) atoms. The predicted molar refractivity (Wildman–Crippen MR) is 74.9 cm³/mol. The Morgan fingerprint density at radius 1 is 1.40 bits per heavy atom. The maximum Gasteiger partial charge on any atom is 0.340 e. The second kappa shape index (κ2) is 5.64. The maximum absolute atomic E-state index is 11.6. The lowest BCUT2D eigenvalue weighted by molar-refractivity contribution is 0.0601. The van der Waals surface area contributed by atoms with E-state index in [-0.39, 0.29) is 17.3 Å². The summed E-state index contributed by atoms with van der Waals surface area (Å²) in [5.41, 5.74) is 6.45. The van der Waals surface area contributed by atoms with E-state index in [1.807, 2.05) is 13.8 Å². The average molecular weight is 275 g/mol. The predicted octanol–water partition coefficient (Wildman–Crippen LogP) is 2.63. The second-order valence-electron chi connectivity index (χ2n) is 4.56. The van der Waals surface area contributed by atoms with E-state index in [4.69, 9.17) is 10.5 Å². The number of nitrogens with zero attached hydrogens (tertiary/aromatic N) is 2. The van der Waals surface area contributed by atoms with Crippen LogP contribution in [0.1, 0.15) is 30.2 Å². The Morgan fingerprint density at radius 3 is 2.75 bits per heavy atom. The van der Waals surface area contributed by atoms with Crippen LogP contribution in [0.2, 0.25) is 0 Å². The average Bonchev–Trinajstić information content (AvgIpc) is 2.89. The van der Waals surface area contributed by atoms with Crippen molar-refractivity contribution in [3.8, 4) is 11.5 Å². The lowest BCUT2D eigenvalue weighted by atomic mass is 10.1. The summed E-state index contributed by atoms with van der Waals surface area (Å²) in [6.07, 6.45) is 3.37. The fourth-order valence-corrected chi connectivity index (χ4v) is 1.70. The molecule has 2 aromatic rings. The summed E-state index contributed by atoms with van der Waals surface area (Å²) in [6.45, 7) is 4.03. The molecule has 1 aromatic heterocycles. The molecular weight excluding hydrogens is 258 g/mol. The van der Waals surface area contributed by atoms with Crippen molar-refractivity contribution >= 4 is 11.7 Å². The molecule has 6 nitrogen and oxygen atoms in total. The number of ether oxygens (including phenoxy) is 2. The SMILES string of the molecule is COC(=O)c1cccc(Oc2cnn(C(C)C)c2)c1N. The highest BCUT2D eigenvalue weighted by atomic mass is 16.5. The van der Waals surface area contributed by atoms with Crippen molar-refractivity contribution in [1.82, 2.24) is 9.78 Å². The molecular formula is C14H17N3O3. The molecule has 0 saturated heterocycles. The monoisotopic (exact) mass is 275 g/mol. The van der Waals surface area contributed by atoms with Gasteiger partial charge in [-0.25, -0.2) is 4.79 Å². The van der Waals surface area contributed by atoms with E-state index < -0.39 is 5.97 Å². The quantitative estimate of drug-likeness (QED) is 0.685. The highest BCUT2D eigenvalue weighted by Crippen LogP contribution is 2.30. The van der Waals surface area contributed by atoms with E-state index in [2.05, 4.69) is 9.84 Å². The summed E-state index contributed by atoms with van der Waals surface area (Å²) < 4.78 is 12.1. The zero-order valence-corrected chi connectivity index (χ0v) is 11.7. The summed E-state index contributed by atoms with van der Waals surface area (Å²) in [6, 6.07) is 5.20. The van der Waals surface area contributed by atoms with Crippen LogP contribution >= 0.6 is 0 Å². The molecule has 0 radical (unpaired) electrons. The van der Waals surface area contributed by atoms with Gasteiger partial charge in [-0.3, -0.25) is 4.68 Å². The van der Waals surface area contributed by atoms with Gasteiger partial charge < -0.3 is 15.2 Å². The van der Waals surface area contributed by atoms with Crippen LogP contribution in [0.5, 0.6) is 11.5 Å². The van der Waals surface area contributed by atoms with Crippen LogP contribution in [0, 0.1) is 0 Å². The Kier molecular flexibility index (Phi) is 3.93. The number of hydrogen-bond donors (Lipinski definition) is 1. The van der Waals surface area contributed by atoms with E-state index in [0.29, 0.717) is 11.5 Å². The molecule has 6 heteroatoms. The largest absolute Gasteiger partial charge is 0.465 e. The number of esters is 1. The molecule has 1 heterocycles. The van der Waals surface area contributed by atoms with Crippen LogP contribution in [0.3, 0.4) is 0 Å². The number of rotatable bonds is 4. The summed E-state index contributed by atoms with van der Waals surface area (Å²) in [4.78, 5) is 11.6. The molecule has 0 aliphatic heterocycles. The Morgan fingerprint density at radius 2 is 2.15 bits per heavy atom. The van der Waals surface area contributed by atoms with Gasteiger partial charge in [-0.05, 0) is 26.0 Å². The number of nitrogen functional groups attached to an aromatic ring is 1. The van der Waals surface area contributed by atoms with E-state index in [1.54, 1.807) is 35.3 Å². The number of para-hydroxylation sites is 1. The molecule has 2 N–H and O–H groups in total. The van der Waals surface area contributed by atoms with Crippen molar-refractivity contribution in [2.24, 2.45) is 0 Å². The first-order chi connectivity index (χ1) is 9.52. The minimum Gasteiger partial charge on any atom is -0.465 e. The molecule has 1 aromatic carbocycles. The van der Waals surface area contributed by atoms with Crippen molar-refractivity contribution < 1.29 is 14.3 Å². The van der Waals surface area contributed by atoms with Gasteiger partial charge in [-0.1, -0.05) is 6.07 Å². The summed E-state index contributed by atoms with van der Waals surface area (Å²) >= 11 is 0. The molecule has 106 valence electrons.